The first-order valence-corrected chi connectivity index (χ1v) is 6.68. The van der Waals surface area contributed by atoms with Crippen molar-refractivity contribution in [2.75, 3.05) is 0 Å². The number of aromatic nitrogens is 4. The van der Waals surface area contributed by atoms with Gasteiger partial charge in [-0.05, 0) is 32.8 Å². The van der Waals surface area contributed by atoms with E-state index < -0.39 is 5.54 Å². The standard InChI is InChI=1S/C13H18N5O2/c1-8-5-11-10(3)7-17-12(16(4)14-15-17)13(11,18(19)20)6-9(8)2/h7,11H,5-6H2,1-4H3/q+1/t11-,13+/m1/s1. The Hall–Kier alpha value is -2.05. The van der Waals surface area contributed by atoms with Gasteiger partial charge < -0.3 is 0 Å². The average molecular weight is 276 g/mol. The summed E-state index contributed by atoms with van der Waals surface area (Å²) in [6.07, 6.45) is 3.01. The zero-order chi connectivity index (χ0) is 14.7. The first kappa shape index (κ1) is 13.0. The summed E-state index contributed by atoms with van der Waals surface area (Å²) < 4.78 is 3.09. The zero-order valence-corrected chi connectivity index (χ0v) is 12.1. The van der Waals surface area contributed by atoms with Crippen molar-refractivity contribution < 1.29 is 9.61 Å². The van der Waals surface area contributed by atoms with Gasteiger partial charge in [-0.25, -0.2) is 0 Å². The van der Waals surface area contributed by atoms with E-state index in [1.54, 1.807) is 11.7 Å². The maximum Gasteiger partial charge on any atom is 0.340 e. The Morgan fingerprint density at radius 3 is 2.80 bits per heavy atom. The molecule has 106 valence electrons. The van der Waals surface area contributed by atoms with E-state index in [1.165, 1.54) is 10.3 Å². The Balaban J connectivity index is 2.33. The van der Waals surface area contributed by atoms with Gasteiger partial charge in [0.05, 0.1) is 19.4 Å². The normalized spacial score (nSPS) is 28.8. The molecule has 0 N–H and O–H groups in total. The molecule has 2 atom stereocenters. The van der Waals surface area contributed by atoms with Crippen LogP contribution >= 0.6 is 0 Å². The van der Waals surface area contributed by atoms with Gasteiger partial charge in [-0.1, -0.05) is 15.8 Å². The van der Waals surface area contributed by atoms with Crippen LogP contribution in [0.3, 0.4) is 0 Å². The van der Waals surface area contributed by atoms with Crippen molar-refractivity contribution >= 4 is 6.20 Å². The van der Waals surface area contributed by atoms with Crippen LogP contribution in [-0.2, 0) is 12.6 Å². The molecule has 1 aliphatic carbocycles. The van der Waals surface area contributed by atoms with Gasteiger partial charge in [0.15, 0.2) is 5.21 Å². The van der Waals surface area contributed by atoms with E-state index in [9.17, 15) is 10.1 Å². The quantitative estimate of drug-likeness (QED) is 0.334. The van der Waals surface area contributed by atoms with Crippen molar-refractivity contribution in [2.24, 2.45) is 13.0 Å². The monoisotopic (exact) mass is 276 g/mol. The minimum atomic E-state index is -1.15. The molecule has 0 fully saturated rings. The highest BCUT2D eigenvalue weighted by atomic mass is 16.6. The number of allylic oxidation sites excluding steroid dienone is 1. The molecule has 0 unspecified atom stereocenters. The number of tetrazole rings is 1. The van der Waals surface area contributed by atoms with E-state index in [2.05, 4.69) is 17.4 Å². The van der Waals surface area contributed by atoms with Gasteiger partial charge in [0.1, 0.15) is 11.4 Å². The van der Waals surface area contributed by atoms with Gasteiger partial charge >= 0.3 is 11.4 Å². The third-order valence-electron chi connectivity index (χ3n) is 4.73. The molecule has 0 saturated carbocycles. The number of nitrogens with zero attached hydrogens (tertiary/aromatic N) is 5. The summed E-state index contributed by atoms with van der Waals surface area (Å²) in [6, 6.07) is 0. The van der Waals surface area contributed by atoms with Gasteiger partial charge in [0, 0.05) is 4.92 Å². The number of aryl methyl sites for hydroxylation is 1. The summed E-state index contributed by atoms with van der Waals surface area (Å²) in [5.74, 6) is 0.434. The highest BCUT2D eigenvalue weighted by Gasteiger charge is 2.64. The van der Waals surface area contributed by atoms with Crippen LogP contribution in [0.25, 0.3) is 6.20 Å². The highest BCUT2D eigenvalue weighted by Crippen LogP contribution is 2.50. The zero-order valence-electron chi connectivity index (χ0n) is 12.1. The van der Waals surface area contributed by atoms with E-state index in [4.69, 9.17) is 0 Å². The van der Waals surface area contributed by atoms with Gasteiger partial charge in [0.2, 0.25) is 0 Å². The Kier molecular flexibility index (Phi) is 2.57. The lowest BCUT2D eigenvalue weighted by atomic mass is 9.66. The minimum absolute atomic E-state index is 0.126. The molecule has 1 aromatic heterocycles. The highest BCUT2D eigenvalue weighted by molar-refractivity contribution is 5.41. The van der Waals surface area contributed by atoms with Gasteiger partial charge in [-0.3, -0.25) is 10.1 Å². The van der Waals surface area contributed by atoms with E-state index in [1.807, 2.05) is 20.0 Å². The first-order chi connectivity index (χ1) is 9.37. The second-order valence-electron chi connectivity index (χ2n) is 5.92. The largest absolute Gasteiger partial charge is 0.340 e. The molecular weight excluding hydrogens is 258 g/mol. The molecule has 1 aliphatic heterocycles. The summed E-state index contributed by atoms with van der Waals surface area (Å²) >= 11 is 0. The molecule has 7 heteroatoms. The van der Waals surface area contributed by atoms with Crippen LogP contribution in [0.15, 0.2) is 16.7 Å². The maximum atomic E-state index is 12.0. The van der Waals surface area contributed by atoms with Crippen LogP contribution in [-0.4, -0.2) is 20.0 Å². The molecule has 0 bridgehead atoms. The van der Waals surface area contributed by atoms with E-state index >= 15 is 0 Å². The van der Waals surface area contributed by atoms with Crippen molar-refractivity contribution in [3.8, 4) is 0 Å². The summed E-state index contributed by atoms with van der Waals surface area (Å²) in [6.45, 7) is 6.00. The molecule has 2 heterocycles. The molecule has 3 rings (SSSR count). The van der Waals surface area contributed by atoms with Crippen LogP contribution < -0.4 is 4.68 Å². The third-order valence-corrected chi connectivity index (χ3v) is 4.73. The Morgan fingerprint density at radius 2 is 2.15 bits per heavy atom. The van der Waals surface area contributed by atoms with Gasteiger partial charge in [-0.15, -0.1) is 4.68 Å². The molecule has 1 aromatic rings. The molecule has 2 aliphatic rings. The van der Waals surface area contributed by atoms with Crippen LogP contribution in [0.1, 0.15) is 39.4 Å². The molecule has 0 aromatic carbocycles. The lowest BCUT2D eigenvalue weighted by Gasteiger charge is -2.37. The average Bonchev–Trinajstić information content (AvgIpc) is 2.73. The maximum absolute atomic E-state index is 12.0. The minimum Gasteiger partial charge on any atom is -0.263 e. The van der Waals surface area contributed by atoms with E-state index in [0.717, 1.165) is 17.6 Å². The number of rotatable bonds is 1. The lowest BCUT2D eigenvalue weighted by molar-refractivity contribution is -0.763. The number of hydrogen-bond acceptors (Lipinski definition) is 4. The fourth-order valence-corrected chi connectivity index (χ4v) is 3.56. The van der Waals surface area contributed by atoms with E-state index in [-0.39, 0.29) is 10.8 Å². The lowest BCUT2D eigenvalue weighted by Crippen LogP contribution is -2.56. The smallest absolute Gasteiger partial charge is 0.263 e. The van der Waals surface area contributed by atoms with Crippen molar-refractivity contribution in [1.82, 2.24) is 15.1 Å². The summed E-state index contributed by atoms with van der Waals surface area (Å²) in [5.41, 5.74) is 2.19. The Labute approximate surface area is 116 Å². The molecule has 0 saturated heterocycles. The van der Waals surface area contributed by atoms with Crippen LogP contribution in [0, 0.1) is 16.0 Å². The van der Waals surface area contributed by atoms with E-state index in [0.29, 0.717) is 12.2 Å². The second-order valence-corrected chi connectivity index (χ2v) is 5.92. The first-order valence-electron chi connectivity index (χ1n) is 6.68. The van der Waals surface area contributed by atoms with Gasteiger partial charge in [-0.2, -0.15) is 0 Å². The summed E-state index contributed by atoms with van der Waals surface area (Å²) in [5, 5.41) is 20.0. The molecule has 0 amide bonds. The van der Waals surface area contributed by atoms with Gasteiger partial charge in [0.25, 0.3) is 0 Å². The summed E-state index contributed by atoms with van der Waals surface area (Å²) in [4.78, 5) is 11.9. The summed E-state index contributed by atoms with van der Waals surface area (Å²) in [7, 11) is 1.72. The Morgan fingerprint density at radius 1 is 1.45 bits per heavy atom. The predicted octanol–water partition coefficient (Wildman–Crippen LogP) is 1.20. The van der Waals surface area contributed by atoms with Crippen molar-refractivity contribution in [1.29, 1.82) is 0 Å². The molecule has 0 spiro atoms. The fraction of sp³-hybridized carbons (Fsp3) is 0.615. The molecular formula is C13H18N5O2+. The van der Waals surface area contributed by atoms with Crippen LogP contribution in [0.4, 0.5) is 0 Å². The second kappa shape index (κ2) is 3.97. The van der Waals surface area contributed by atoms with Crippen molar-refractivity contribution in [2.45, 2.75) is 39.2 Å². The molecule has 7 nitrogen and oxygen atoms in total. The van der Waals surface area contributed by atoms with Crippen LogP contribution in [0.5, 0.6) is 0 Å². The third kappa shape index (κ3) is 1.43. The van der Waals surface area contributed by atoms with Crippen LogP contribution in [0.2, 0.25) is 0 Å². The Bertz CT molecular complexity index is 672. The SMILES string of the molecule is CC1=Cn2nn[n+](C)c2[C@]2([N+](=O)[O-])CC(C)=C(C)C[C@H]12. The number of fused-ring (bicyclic) bond motifs is 3. The predicted molar refractivity (Wildman–Crippen MR) is 70.9 cm³/mol. The fourth-order valence-electron chi connectivity index (χ4n) is 3.56. The number of hydrogen-bond donors (Lipinski definition) is 0. The molecule has 0 radical (unpaired) electrons. The van der Waals surface area contributed by atoms with Crippen molar-refractivity contribution in [3.63, 3.8) is 0 Å². The van der Waals surface area contributed by atoms with Crippen molar-refractivity contribution in [3.05, 3.63) is 32.7 Å². The molecule has 20 heavy (non-hydrogen) atoms. The topological polar surface area (TPSA) is 77.7 Å². The number of nitro groups is 1.